The van der Waals surface area contributed by atoms with Gasteiger partial charge in [0.2, 0.25) is 15.9 Å². The molecule has 0 atom stereocenters. The number of hydrogen-bond donors (Lipinski definition) is 1. The van der Waals surface area contributed by atoms with Crippen molar-refractivity contribution < 1.29 is 22.7 Å². The Kier molecular flexibility index (Phi) is 7.06. The molecule has 7 nitrogen and oxygen atoms in total. The van der Waals surface area contributed by atoms with Crippen LogP contribution in [0.1, 0.15) is 12.5 Å². The van der Waals surface area contributed by atoms with Gasteiger partial charge >= 0.3 is 0 Å². The average Bonchev–Trinajstić information content (AvgIpc) is 2.64. The van der Waals surface area contributed by atoms with Crippen LogP contribution in [0.25, 0.3) is 0 Å². The van der Waals surface area contributed by atoms with Crippen molar-refractivity contribution in [3.8, 4) is 11.5 Å². The molecule has 0 heterocycles. The zero-order chi connectivity index (χ0) is 19.9. The van der Waals surface area contributed by atoms with Gasteiger partial charge in [0.1, 0.15) is 18.0 Å². The summed E-state index contributed by atoms with van der Waals surface area (Å²) >= 11 is 0. The normalized spacial score (nSPS) is 10.9. The number of benzene rings is 2. The first-order chi connectivity index (χ1) is 12.9. The number of methoxy groups -OCH3 is 1. The lowest BCUT2D eigenvalue weighted by Gasteiger charge is -2.24. The fourth-order valence-electron chi connectivity index (χ4n) is 2.55. The lowest BCUT2D eigenvalue weighted by atomic mass is 10.2. The molecule has 2 rings (SSSR count). The standard InChI is InChI=1S/C19H24N2O5S/c1-4-26-18-12-8-6-10-16(18)21(27(3,23)24)14-19(22)20-13-15-9-5-7-11-17(15)25-2/h5-12H,4,13-14H2,1-3H3,(H,20,22). The highest BCUT2D eigenvalue weighted by atomic mass is 32.2. The third-order valence-electron chi connectivity index (χ3n) is 3.79. The molecule has 1 amide bonds. The maximum absolute atomic E-state index is 12.4. The van der Waals surface area contributed by atoms with Crippen LogP contribution >= 0.6 is 0 Å². The van der Waals surface area contributed by atoms with E-state index in [0.717, 1.165) is 16.1 Å². The number of ether oxygens (including phenoxy) is 2. The van der Waals surface area contributed by atoms with Crippen LogP contribution < -0.4 is 19.1 Å². The topological polar surface area (TPSA) is 84.9 Å². The Morgan fingerprint density at radius 3 is 2.33 bits per heavy atom. The Hall–Kier alpha value is -2.74. The van der Waals surface area contributed by atoms with Crippen LogP contribution in [0.5, 0.6) is 11.5 Å². The van der Waals surface area contributed by atoms with Crippen molar-refractivity contribution in [2.24, 2.45) is 0 Å². The number of para-hydroxylation sites is 3. The molecule has 0 saturated carbocycles. The summed E-state index contributed by atoms with van der Waals surface area (Å²) in [5, 5.41) is 2.73. The molecule has 0 bridgehead atoms. The predicted molar refractivity (Wildman–Crippen MR) is 105 cm³/mol. The number of hydrogen-bond acceptors (Lipinski definition) is 5. The summed E-state index contributed by atoms with van der Waals surface area (Å²) < 4.78 is 36.3. The average molecular weight is 392 g/mol. The molecular formula is C19H24N2O5S. The molecular weight excluding hydrogens is 368 g/mol. The molecule has 2 aromatic rings. The second kappa shape index (κ2) is 9.27. The van der Waals surface area contributed by atoms with Crippen molar-refractivity contribution in [1.82, 2.24) is 5.32 Å². The summed E-state index contributed by atoms with van der Waals surface area (Å²) in [6.07, 6.45) is 1.06. The Morgan fingerprint density at radius 2 is 1.70 bits per heavy atom. The van der Waals surface area contributed by atoms with Crippen LogP contribution in [-0.4, -0.2) is 40.8 Å². The molecule has 8 heteroatoms. The van der Waals surface area contributed by atoms with Gasteiger partial charge in [-0.25, -0.2) is 8.42 Å². The van der Waals surface area contributed by atoms with E-state index in [1.165, 1.54) is 0 Å². The number of anilines is 1. The van der Waals surface area contributed by atoms with Crippen LogP contribution in [0.15, 0.2) is 48.5 Å². The monoisotopic (exact) mass is 392 g/mol. The van der Waals surface area contributed by atoms with Gasteiger partial charge < -0.3 is 14.8 Å². The Balaban J connectivity index is 2.16. The van der Waals surface area contributed by atoms with Crippen LogP contribution in [0.4, 0.5) is 5.69 Å². The van der Waals surface area contributed by atoms with Crippen LogP contribution in [0.2, 0.25) is 0 Å². The number of nitrogens with one attached hydrogen (secondary N) is 1. The fraction of sp³-hybridized carbons (Fsp3) is 0.316. The lowest BCUT2D eigenvalue weighted by Crippen LogP contribution is -2.40. The fourth-order valence-corrected chi connectivity index (χ4v) is 3.41. The highest BCUT2D eigenvalue weighted by Crippen LogP contribution is 2.29. The van der Waals surface area contributed by atoms with Gasteiger partial charge in [-0.2, -0.15) is 0 Å². The first-order valence-corrected chi connectivity index (χ1v) is 10.3. The number of carbonyl (C=O) groups is 1. The molecule has 0 aliphatic heterocycles. The number of nitrogens with zero attached hydrogens (tertiary/aromatic N) is 1. The second-order valence-electron chi connectivity index (χ2n) is 5.76. The molecule has 146 valence electrons. The van der Waals surface area contributed by atoms with E-state index in [-0.39, 0.29) is 13.1 Å². The van der Waals surface area contributed by atoms with E-state index in [1.807, 2.05) is 25.1 Å². The molecule has 27 heavy (non-hydrogen) atoms. The molecule has 0 saturated heterocycles. The van der Waals surface area contributed by atoms with E-state index in [0.29, 0.717) is 23.8 Å². The van der Waals surface area contributed by atoms with Crippen molar-refractivity contribution in [1.29, 1.82) is 0 Å². The quantitative estimate of drug-likeness (QED) is 0.707. The highest BCUT2D eigenvalue weighted by Gasteiger charge is 2.23. The zero-order valence-corrected chi connectivity index (χ0v) is 16.5. The molecule has 0 aliphatic rings. The van der Waals surface area contributed by atoms with E-state index in [1.54, 1.807) is 37.4 Å². The molecule has 0 spiro atoms. The Bertz CT molecular complexity index is 883. The summed E-state index contributed by atoms with van der Waals surface area (Å²) in [6.45, 7) is 2.07. The Labute approximate surface area is 160 Å². The van der Waals surface area contributed by atoms with Gasteiger partial charge in [-0.3, -0.25) is 9.10 Å². The Morgan fingerprint density at radius 1 is 1.07 bits per heavy atom. The summed E-state index contributed by atoms with van der Waals surface area (Å²) in [7, 11) is -2.13. The van der Waals surface area contributed by atoms with Crippen molar-refractivity contribution in [3.63, 3.8) is 0 Å². The smallest absolute Gasteiger partial charge is 0.241 e. The number of rotatable bonds is 9. The van der Waals surface area contributed by atoms with Crippen molar-refractivity contribution >= 4 is 21.6 Å². The molecule has 0 aromatic heterocycles. The van der Waals surface area contributed by atoms with Crippen molar-refractivity contribution in [2.75, 3.05) is 30.8 Å². The first kappa shape index (κ1) is 20.6. The summed E-state index contributed by atoms with van der Waals surface area (Å²) in [6, 6.07) is 14.0. The van der Waals surface area contributed by atoms with Crippen molar-refractivity contribution in [2.45, 2.75) is 13.5 Å². The third kappa shape index (κ3) is 5.62. The van der Waals surface area contributed by atoms with E-state index in [2.05, 4.69) is 5.32 Å². The molecule has 0 unspecified atom stereocenters. The largest absolute Gasteiger partial charge is 0.496 e. The van der Waals surface area contributed by atoms with Gasteiger partial charge in [-0.05, 0) is 25.1 Å². The number of amides is 1. The van der Waals surface area contributed by atoms with Crippen LogP contribution in [0, 0.1) is 0 Å². The van der Waals surface area contributed by atoms with E-state index in [4.69, 9.17) is 9.47 Å². The molecule has 0 radical (unpaired) electrons. The lowest BCUT2D eigenvalue weighted by molar-refractivity contribution is -0.119. The van der Waals surface area contributed by atoms with E-state index < -0.39 is 15.9 Å². The highest BCUT2D eigenvalue weighted by molar-refractivity contribution is 7.92. The molecule has 0 aliphatic carbocycles. The maximum Gasteiger partial charge on any atom is 0.241 e. The zero-order valence-electron chi connectivity index (χ0n) is 15.6. The van der Waals surface area contributed by atoms with Gasteiger partial charge in [-0.15, -0.1) is 0 Å². The van der Waals surface area contributed by atoms with Crippen molar-refractivity contribution in [3.05, 3.63) is 54.1 Å². The van der Waals surface area contributed by atoms with Crippen LogP contribution in [-0.2, 0) is 21.4 Å². The minimum Gasteiger partial charge on any atom is -0.496 e. The molecule has 1 N–H and O–H groups in total. The first-order valence-electron chi connectivity index (χ1n) is 8.45. The SMILES string of the molecule is CCOc1ccccc1N(CC(=O)NCc1ccccc1OC)S(C)(=O)=O. The molecule has 2 aromatic carbocycles. The maximum atomic E-state index is 12.4. The van der Waals surface area contributed by atoms with Gasteiger partial charge in [0, 0.05) is 12.1 Å². The van der Waals surface area contributed by atoms with Gasteiger partial charge in [0.25, 0.3) is 0 Å². The number of carbonyl (C=O) groups excluding carboxylic acids is 1. The summed E-state index contributed by atoms with van der Waals surface area (Å²) in [5.74, 6) is 0.625. The van der Waals surface area contributed by atoms with Crippen LogP contribution in [0.3, 0.4) is 0 Å². The third-order valence-corrected chi connectivity index (χ3v) is 4.92. The molecule has 0 fully saturated rings. The number of sulfonamides is 1. The predicted octanol–water partition coefficient (Wildman–Crippen LogP) is 2.18. The van der Waals surface area contributed by atoms with Gasteiger partial charge in [-0.1, -0.05) is 30.3 Å². The van der Waals surface area contributed by atoms with Gasteiger partial charge in [0.05, 0.1) is 25.7 Å². The minimum absolute atomic E-state index is 0.230. The summed E-state index contributed by atoms with van der Waals surface area (Å²) in [5.41, 5.74) is 1.13. The van der Waals surface area contributed by atoms with Gasteiger partial charge in [0.15, 0.2) is 0 Å². The summed E-state index contributed by atoms with van der Waals surface area (Å²) in [4.78, 5) is 12.4. The van der Waals surface area contributed by atoms with E-state index in [9.17, 15) is 13.2 Å². The second-order valence-corrected chi connectivity index (χ2v) is 7.67. The minimum atomic E-state index is -3.68. The van der Waals surface area contributed by atoms with E-state index >= 15 is 0 Å².